The average Bonchev–Trinajstić information content (AvgIpc) is 2.18. The Kier molecular flexibility index (Phi) is 4.31. The van der Waals surface area contributed by atoms with Gasteiger partial charge in [-0.15, -0.1) is 0 Å². The Bertz CT molecular complexity index is 404. The van der Waals surface area contributed by atoms with Crippen molar-refractivity contribution in [1.82, 2.24) is 4.98 Å². The number of rotatable bonds is 5. The third-order valence-corrected chi connectivity index (χ3v) is 3.17. The maximum absolute atomic E-state index is 11.4. The summed E-state index contributed by atoms with van der Waals surface area (Å²) in [6, 6.07) is 3.07. The minimum Gasteiger partial charge on any atom is -0.330 e. The lowest BCUT2D eigenvalue weighted by atomic mass is 10.5. The van der Waals surface area contributed by atoms with Gasteiger partial charge in [0.25, 0.3) is 0 Å². The van der Waals surface area contributed by atoms with Crippen LogP contribution in [0.15, 0.2) is 18.3 Å². The Hall–Kier alpha value is -0.850. The number of nitrogens with one attached hydrogen (secondary N) is 1. The fraction of sp³-hybridized carbons (Fsp3) is 0.375. The van der Waals surface area contributed by atoms with Crippen LogP contribution >= 0.6 is 11.6 Å². The number of pyridine rings is 1. The zero-order valence-electron chi connectivity index (χ0n) is 7.98. The van der Waals surface area contributed by atoms with E-state index in [4.69, 9.17) is 17.3 Å². The van der Waals surface area contributed by atoms with Crippen molar-refractivity contribution < 1.29 is 8.42 Å². The van der Waals surface area contributed by atoms with Crippen molar-refractivity contribution in [3.05, 3.63) is 23.4 Å². The maximum Gasteiger partial charge on any atom is 0.233 e. The highest BCUT2D eigenvalue weighted by Gasteiger charge is 2.09. The molecule has 0 spiro atoms. The van der Waals surface area contributed by atoms with E-state index < -0.39 is 10.0 Å². The summed E-state index contributed by atoms with van der Waals surface area (Å²) < 4.78 is 25.1. The molecule has 5 nitrogen and oxygen atoms in total. The first-order valence-corrected chi connectivity index (χ1v) is 6.38. The minimum atomic E-state index is -3.35. The minimum absolute atomic E-state index is 0.00614. The lowest BCUT2D eigenvalue weighted by molar-refractivity contribution is 0.598. The van der Waals surface area contributed by atoms with Gasteiger partial charge in [0.15, 0.2) is 0 Å². The number of hydrogen-bond acceptors (Lipinski definition) is 4. The molecule has 0 aromatic carbocycles. The van der Waals surface area contributed by atoms with Gasteiger partial charge in [0.1, 0.15) is 5.82 Å². The predicted octanol–water partition coefficient (Wildman–Crippen LogP) is 0.826. The normalized spacial score (nSPS) is 11.3. The van der Waals surface area contributed by atoms with Crippen LogP contribution in [0.1, 0.15) is 6.42 Å². The number of halogens is 1. The molecule has 1 aromatic heterocycles. The van der Waals surface area contributed by atoms with Crippen LogP contribution in [0.5, 0.6) is 0 Å². The first-order chi connectivity index (χ1) is 7.03. The first-order valence-electron chi connectivity index (χ1n) is 4.35. The summed E-state index contributed by atoms with van der Waals surface area (Å²) in [5.41, 5.74) is 5.22. The second-order valence-corrected chi connectivity index (χ2v) is 5.20. The summed E-state index contributed by atoms with van der Waals surface area (Å²) in [6.07, 6.45) is 1.80. The molecule has 1 aromatic rings. The van der Waals surface area contributed by atoms with E-state index in [-0.39, 0.29) is 11.6 Å². The molecule has 0 fully saturated rings. The molecule has 15 heavy (non-hydrogen) atoms. The van der Waals surface area contributed by atoms with Crippen molar-refractivity contribution in [1.29, 1.82) is 0 Å². The van der Waals surface area contributed by atoms with E-state index in [1.807, 2.05) is 0 Å². The largest absolute Gasteiger partial charge is 0.330 e. The SMILES string of the molecule is NCCCS(=O)(=O)Nc1ccc(Cl)cn1. The van der Waals surface area contributed by atoms with Gasteiger partial charge in [-0.25, -0.2) is 13.4 Å². The quantitative estimate of drug-likeness (QED) is 0.809. The van der Waals surface area contributed by atoms with E-state index in [1.165, 1.54) is 12.3 Å². The van der Waals surface area contributed by atoms with Crippen molar-refractivity contribution >= 4 is 27.4 Å². The Morgan fingerprint density at radius 3 is 2.73 bits per heavy atom. The topological polar surface area (TPSA) is 85.1 Å². The highest BCUT2D eigenvalue weighted by atomic mass is 35.5. The molecular weight excluding hydrogens is 238 g/mol. The maximum atomic E-state index is 11.4. The van der Waals surface area contributed by atoms with Crippen LogP contribution in [-0.4, -0.2) is 25.7 Å². The van der Waals surface area contributed by atoms with Gasteiger partial charge in [-0.1, -0.05) is 11.6 Å². The number of aromatic nitrogens is 1. The second kappa shape index (κ2) is 5.29. The van der Waals surface area contributed by atoms with Gasteiger partial charge in [-0.2, -0.15) is 0 Å². The first kappa shape index (κ1) is 12.2. The van der Waals surface area contributed by atoms with Crippen LogP contribution < -0.4 is 10.5 Å². The smallest absolute Gasteiger partial charge is 0.233 e. The molecule has 84 valence electrons. The third kappa shape index (κ3) is 4.46. The lowest BCUT2D eigenvalue weighted by Crippen LogP contribution is -2.19. The fourth-order valence-electron chi connectivity index (χ4n) is 0.920. The molecule has 0 saturated carbocycles. The number of sulfonamides is 1. The molecule has 1 rings (SSSR count). The Morgan fingerprint density at radius 1 is 1.47 bits per heavy atom. The molecule has 0 aliphatic rings. The van der Waals surface area contributed by atoms with Gasteiger partial charge >= 0.3 is 0 Å². The molecule has 0 radical (unpaired) electrons. The zero-order chi connectivity index (χ0) is 11.3. The number of nitrogens with two attached hydrogens (primary N) is 1. The summed E-state index contributed by atoms with van der Waals surface area (Å²) in [4.78, 5) is 3.82. The van der Waals surface area contributed by atoms with E-state index in [0.717, 1.165) is 0 Å². The molecule has 0 aliphatic carbocycles. The molecular formula is C8H12ClN3O2S. The van der Waals surface area contributed by atoms with Crippen molar-refractivity contribution in [3.8, 4) is 0 Å². The van der Waals surface area contributed by atoms with Crippen LogP contribution in [0.3, 0.4) is 0 Å². The van der Waals surface area contributed by atoms with Crippen molar-refractivity contribution in [2.75, 3.05) is 17.0 Å². The van der Waals surface area contributed by atoms with Gasteiger partial charge in [0.05, 0.1) is 10.8 Å². The lowest BCUT2D eigenvalue weighted by Gasteiger charge is -2.05. The molecule has 7 heteroatoms. The fourth-order valence-corrected chi connectivity index (χ4v) is 2.12. The van der Waals surface area contributed by atoms with Crippen molar-refractivity contribution in [2.45, 2.75) is 6.42 Å². The molecule has 3 N–H and O–H groups in total. The zero-order valence-corrected chi connectivity index (χ0v) is 9.55. The molecule has 1 heterocycles. The van der Waals surface area contributed by atoms with Crippen LogP contribution in [0.25, 0.3) is 0 Å². The van der Waals surface area contributed by atoms with Crippen molar-refractivity contribution in [3.63, 3.8) is 0 Å². The van der Waals surface area contributed by atoms with Crippen molar-refractivity contribution in [2.24, 2.45) is 5.73 Å². The van der Waals surface area contributed by atoms with Crippen LogP contribution in [-0.2, 0) is 10.0 Å². The third-order valence-electron chi connectivity index (χ3n) is 1.60. The highest BCUT2D eigenvalue weighted by molar-refractivity contribution is 7.92. The molecule has 0 aliphatic heterocycles. The van der Waals surface area contributed by atoms with Gasteiger partial charge in [-0.3, -0.25) is 4.72 Å². The monoisotopic (exact) mass is 249 g/mol. The summed E-state index contributed by atoms with van der Waals surface area (Å²) in [5.74, 6) is 0.254. The van der Waals surface area contributed by atoms with Crippen LogP contribution in [0.4, 0.5) is 5.82 Å². The standard InChI is InChI=1S/C8H12ClN3O2S/c9-7-2-3-8(11-6-7)12-15(13,14)5-1-4-10/h2-3,6H,1,4-5,10H2,(H,11,12). The van der Waals surface area contributed by atoms with Crippen LogP contribution in [0, 0.1) is 0 Å². The summed E-state index contributed by atoms with van der Waals surface area (Å²) in [7, 11) is -3.35. The van der Waals surface area contributed by atoms with Gasteiger partial charge in [0, 0.05) is 6.20 Å². The predicted molar refractivity (Wildman–Crippen MR) is 60.3 cm³/mol. The number of nitrogens with zero attached hydrogens (tertiary/aromatic N) is 1. The van der Waals surface area contributed by atoms with Gasteiger partial charge in [-0.05, 0) is 25.1 Å². The summed E-state index contributed by atoms with van der Waals surface area (Å²) >= 11 is 5.61. The molecule has 0 unspecified atom stereocenters. The molecule has 0 atom stereocenters. The van der Waals surface area contributed by atoms with Gasteiger partial charge in [0.2, 0.25) is 10.0 Å². The Morgan fingerprint density at radius 2 is 2.20 bits per heavy atom. The average molecular weight is 250 g/mol. The van der Waals surface area contributed by atoms with E-state index in [0.29, 0.717) is 18.0 Å². The van der Waals surface area contributed by atoms with Gasteiger partial charge < -0.3 is 5.73 Å². The van der Waals surface area contributed by atoms with E-state index >= 15 is 0 Å². The number of hydrogen-bond donors (Lipinski definition) is 2. The Balaban J connectivity index is 2.65. The summed E-state index contributed by atoms with van der Waals surface area (Å²) in [5, 5.41) is 0.458. The molecule has 0 amide bonds. The summed E-state index contributed by atoms with van der Waals surface area (Å²) in [6.45, 7) is 0.342. The Labute approximate surface area is 93.7 Å². The molecule has 0 saturated heterocycles. The highest BCUT2D eigenvalue weighted by Crippen LogP contribution is 2.10. The van der Waals surface area contributed by atoms with E-state index in [1.54, 1.807) is 6.07 Å². The van der Waals surface area contributed by atoms with Crippen LogP contribution in [0.2, 0.25) is 5.02 Å². The second-order valence-electron chi connectivity index (χ2n) is 2.92. The van der Waals surface area contributed by atoms with E-state index in [9.17, 15) is 8.42 Å². The number of anilines is 1. The van der Waals surface area contributed by atoms with E-state index in [2.05, 4.69) is 9.71 Å². The molecule has 0 bridgehead atoms.